The molecule has 1 aromatic carbocycles. The van der Waals surface area contributed by atoms with Gasteiger partial charge in [0.2, 0.25) is 5.91 Å². The van der Waals surface area contributed by atoms with Gasteiger partial charge >= 0.3 is 0 Å². The highest BCUT2D eigenvalue weighted by Crippen LogP contribution is 2.23. The molecule has 3 unspecified atom stereocenters. The van der Waals surface area contributed by atoms with Crippen LogP contribution in [0.2, 0.25) is 0 Å². The monoisotopic (exact) mass is 262 g/mol. The number of aliphatic hydroxyl groups excluding tert-OH is 1. The summed E-state index contributed by atoms with van der Waals surface area (Å²) in [6.45, 7) is 0.259. The van der Waals surface area contributed by atoms with Crippen LogP contribution in [0, 0.1) is 5.92 Å². The Kier molecular flexibility index (Phi) is 4.93. The number of hydrogen-bond donors (Lipinski definition) is 3. The molecule has 0 saturated heterocycles. The van der Waals surface area contributed by atoms with Crippen molar-refractivity contribution in [3.05, 3.63) is 35.9 Å². The summed E-state index contributed by atoms with van der Waals surface area (Å²) in [5.41, 5.74) is 6.70. The van der Waals surface area contributed by atoms with Gasteiger partial charge in [-0.05, 0) is 24.8 Å². The van der Waals surface area contributed by atoms with E-state index in [0.29, 0.717) is 0 Å². The average molecular weight is 262 g/mol. The highest BCUT2D eigenvalue weighted by molar-refractivity contribution is 5.78. The predicted molar refractivity (Wildman–Crippen MR) is 74.3 cm³/mol. The Morgan fingerprint density at radius 3 is 2.79 bits per heavy atom. The van der Waals surface area contributed by atoms with E-state index < -0.39 is 6.10 Å². The van der Waals surface area contributed by atoms with Crippen molar-refractivity contribution in [1.29, 1.82) is 0 Å². The molecule has 1 amide bonds. The van der Waals surface area contributed by atoms with Crippen LogP contribution in [-0.4, -0.2) is 23.6 Å². The topological polar surface area (TPSA) is 75.4 Å². The van der Waals surface area contributed by atoms with E-state index in [1.807, 2.05) is 30.3 Å². The molecule has 1 aromatic rings. The van der Waals surface area contributed by atoms with Crippen LogP contribution in [-0.2, 0) is 4.79 Å². The lowest BCUT2D eigenvalue weighted by atomic mass is 9.85. The molecule has 19 heavy (non-hydrogen) atoms. The first-order valence-electron chi connectivity index (χ1n) is 6.93. The van der Waals surface area contributed by atoms with Crippen LogP contribution in [0.25, 0.3) is 0 Å². The van der Waals surface area contributed by atoms with Crippen LogP contribution in [0.1, 0.15) is 37.4 Å². The van der Waals surface area contributed by atoms with Crippen LogP contribution in [0.4, 0.5) is 0 Å². The second kappa shape index (κ2) is 6.68. The molecular formula is C15H22N2O2. The van der Waals surface area contributed by atoms with Crippen molar-refractivity contribution >= 4 is 5.91 Å². The van der Waals surface area contributed by atoms with Crippen molar-refractivity contribution in [1.82, 2.24) is 5.32 Å². The van der Waals surface area contributed by atoms with E-state index in [9.17, 15) is 9.90 Å². The molecule has 0 heterocycles. The number of carbonyl (C=O) groups is 1. The molecule has 0 bridgehead atoms. The first kappa shape index (κ1) is 14.0. The average Bonchev–Trinajstić information content (AvgIpc) is 2.45. The second-order valence-corrected chi connectivity index (χ2v) is 5.30. The maximum Gasteiger partial charge on any atom is 0.223 e. The molecule has 1 aliphatic rings. The number of amides is 1. The molecule has 2 rings (SSSR count). The number of nitrogens with one attached hydrogen (secondary N) is 1. The maximum atomic E-state index is 12.0. The van der Waals surface area contributed by atoms with Crippen molar-refractivity contribution in [3.63, 3.8) is 0 Å². The number of aliphatic hydroxyl groups is 1. The summed E-state index contributed by atoms with van der Waals surface area (Å²) in [7, 11) is 0. The van der Waals surface area contributed by atoms with E-state index in [-0.39, 0.29) is 24.4 Å². The van der Waals surface area contributed by atoms with Gasteiger partial charge in [0.1, 0.15) is 0 Å². The lowest BCUT2D eigenvalue weighted by Gasteiger charge is -2.26. The van der Waals surface area contributed by atoms with Gasteiger partial charge < -0.3 is 16.2 Å². The van der Waals surface area contributed by atoms with Gasteiger partial charge in [-0.15, -0.1) is 0 Å². The van der Waals surface area contributed by atoms with E-state index in [1.54, 1.807) is 0 Å². The summed E-state index contributed by atoms with van der Waals surface area (Å²) in [5.74, 6) is 0.0249. The zero-order valence-corrected chi connectivity index (χ0v) is 11.1. The third kappa shape index (κ3) is 4.04. The Balaban J connectivity index is 1.80. The molecule has 104 valence electrons. The first-order chi connectivity index (χ1) is 9.16. The summed E-state index contributed by atoms with van der Waals surface area (Å²) in [6, 6.07) is 9.50. The van der Waals surface area contributed by atoms with Crippen LogP contribution < -0.4 is 11.1 Å². The van der Waals surface area contributed by atoms with Gasteiger partial charge in [-0.25, -0.2) is 0 Å². The summed E-state index contributed by atoms with van der Waals surface area (Å²) < 4.78 is 0. The third-order valence-electron chi connectivity index (χ3n) is 3.74. The Labute approximate surface area is 114 Å². The SMILES string of the molecule is NC1CCCC(C(=O)NCC(O)c2ccccc2)C1. The van der Waals surface area contributed by atoms with Gasteiger partial charge in [0.25, 0.3) is 0 Å². The van der Waals surface area contributed by atoms with Crippen molar-refractivity contribution < 1.29 is 9.90 Å². The fourth-order valence-corrected chi connectivity index (χ4v) is 2.60. The Bertz CT molecular complexity index is 408. The lowest BCUT2D eigenvalue weighted by molar-refractivity contribution is -0.126. The van der Waals surface area contributed by atoms with Gasteiger partial charge in [-0.3, -0.25) is 4.79 Å². The van der Waals surface area contributed by atoms with Crippen molar-refractivity contribution in [2.45, 2.75) is 37.8 Å². The van der Waals surface area contributed by atoms with Gasteiger partial charge in [0.05, 0.1) is 6.10 Å². The van der Waals surface area contributed by atoms with Crippen LogP contribution in [0.3, 0.4) is 0 Å². The summed E-state index contributed by atoms with van der Waals surface area (Å²) in [6.07, 6.45) is 3.04. The van der Waals surface area contributed by atoms with E-state index in [0.717, 1.165) is 31.2 Å². The molecule has 0 aromatic heterocycles. The molecule has 1 fully saturated rings. The molecule has 0 radical (unpaired) electrons. The third-order valence-corrected chi connectivity index (χ3v) is 3.74. The molecule has 0 spiro atoms. The molecule has 4 N–H and O–H groups in total. The molecule has 3 atom stereocenters. The lowest BCUT2D eigenvalue weighted by Crippen LogP contribution is -2.39. The number of rotatable bonds is 4. The van der Waals surface area contributed by atoms with Gasteiger partial charge in [0.15, 0.2) is 0 Å². The van der Waals surface area contributed by atoms with E-state index in [2.05, 4.69) is 5.32 Å². The number of nitrogens with two attached hydrogens (primary N) is 1. The van der Waals surface area contributed by atoms with Crippen LogP contribution in [0.5, 0.6) is 0 Å². The summed E-state index contributed by atoms with van der Waals surface area (Å²) in [4.78, 5) is 12.0. The Morgan fingerprint density at radius 1 is 1.37 bits per heavy atom. The van der Waals surface area contributed by atoms with E-state index in [1.165, 1.54) is 0 Å². The number of benzene rings is 1. The quantitative estimate of drug-likeness (QED) is 0.766. The molecule has 4 nitrogen and oxygen atoms in total. The summed E-state index contributed by atoms with van der Waals surface area (Å²) >= 11 is 0. The highest BCUT2D eigenvalue weighted by Gasteiger charge is 2.25. The van der Waals surface area contributed by atoms with Crippen molar-refractivity contribution in [2.75, 3.05) is 6.54 Å². The zero-order chi connectivity index (χ0) is 13.7. The molecule has 0 aliphatic heterocycles. The Hall–Kier alpha value is -1.39. The summed E-state index contributed by atoms with van der Waals surface area (Å²) in [5, 5.41) is 12.8. The fraction of sp³-hybridized carbons (Fsp3) is 0.533. The molecule has 1 aliphatic carbocycles. The predicted octanol–water partition coefficient (Wildman–Crippen LogP) is 1.35. The smallest absolute Gasteiger partial charge is 0.223 e. The van der Waals surface area contributed by atoms with Gasteiger partial charge in [0, 0.05) is 18.5 Å². The van der Waals surface area contributed by atoms with Gasteiger partial charge in [-0.1, -0.05) is 36.8 Å². The first-order valence-corrected chi connectivity index (χ1v) is 6.93. The van der Waals surface area contributed by atoms with E-state index in [4.69, 9.17) is 5.73 Å². The normalized spacial score (nSPS) is 24.7. The standard InChI is InChI=1S/C15H22N2O2/c16-13-8-4-7-12(9-13)15(19)17-10-14(18)11-5-2-1-3-6-11/h1-3,5-6,12-14,18H,4,7-10,16H2,(H,17,19). The van der Waals surface area contributed by atoms with Crippen LogP contribution in [0.15, 0.2) is 30.3 Å². The minimum absolute atomic E-state index is 0.00623. The maximum absolute atomic E-state index is 12.0. The van der Waals surface area contributed by atoms with Crippen molar-refractivity contribution in [2.24, 2.45) is 11.7 Å². The molecule has 1 saturated carbocycles. The Morgan fingerprint density at radius 2 is 2.11 bits per heavy atom. The van der Waals surface area contributed by atoms with Crippen molar-refractivity contribution in [3.8, 4) is 0 Å². The minimum Gasteiger partial charge on any atom is -0.387 e. The minimum atomic E-state index is -0.651. The molecular weight excluding hydrogens is 240 g/mol. The zero-order valence-electron chi connectivity index (χ0n) is 11.1. The molecule has 4 heteroatoms. The largest absolute Gasteiger partial charge is 0.387 e. The van der Waals surface area contributed by atoms with Crippen LogP contribution >= 0.6 is 0 Å². The van der Waals surface area contributed by atoms with E-state index >= 15 is 0 Å². The fourth-order valence-electron chi connectivity index (χ4n) is 2.60. The number of carbonyl (C=O) groups excluding carboxylic acids is 1. The highest BCUT2D eigenvalue weighted by atomic mass is 16.3. The number of hydrogen-bond acceptors (Lipinski definition) is 3. The van der Waals surface area contributed by atoms with Gasteiger partial charge in [-0.2, -0.15) is 0 Å². The second-order valence-electron chi connectivity index (χ2n) is 5.30.